The van der Waals surface area contributed by atoms with E-state index in [0.29, 0.717) is 21.9 Å². The van der Waals surface area contributed by atoms with Crippen molar-refractivity contribution < 1.29 is 4.79 Å². The molecule has 1 N–H and O–H groups in total. The van der Waals surface area contributed by atoms with Gasteiger partial charge in [0.2, 0.25) is 0 Å². The minimum atomic E-state index is -0.00629. The van der Waals surface area contributed by atoms with Crippen molar-refractivity contribution in [2.24, 2.45) is 0 Å². The highest BCUT2D eigenvalue weighted by Gasteiger charge is 2.24. The molecule has 5 nitrogen and oxygen atoms in total. The maximum Gasteiger partial charge on any atom is 0.257 e. The standard InChI is InChI=1S/C21H21ClN4O/c1-13-5-8-18(17(22)11-13)25-19-15-7-6-14(2)24-20(15)23-12-16(19)21(27)26-9-3-4-10-26/h5-8,11-12H,3-4,9-10H2,1-2H3,(H,23,24,25). The normalized spacial score (nSPS) is 14.0. The molecule has 0 bridgehead atoms. The van der Waals surface area contributed by atoms with E-state index in [2.05, 4.69) is 15.3 Å². The van der Waals surface area contributed by atoms with Crippen molar-refractivity contribution in [1.29, 1.82) is 0 Å². The van der Waals surface area contributed by atoms with Gasteiger partial charge >= 0.3 is 0 Å². The molecular weight excluding hydrogens is 360 g/mol. The molecule has 2 aromatic heterocycles. The number of nitrogens with zero attached hydrogens (tertiary/aromatic N) is 3. The molecule has 138 valence electrons. The van der Waals surface area contributed by atoms with Crippen molar-refractivity contribution in [2.75, 3.05) is 18.4 Å². The maximum atomic E-state index is 13.1. The van der Waals surface area contributed by atoms with Gasteiger partial charge in [-0.05, 0) is 56.5 Å². The second-order valence-corrected chi connectivity index (χ2v) is 7.39. The molecule has 1 aromatic carbocycles. The number of anilines is 2. The second-order valence-electron chi connectivity index (χ2n) is 6.98. The van der Waals surface area contributed by atoms with Gasteiger partial charge in [0.05, 0.1) is 22.0 Å². The minimum Gasteiger partial charge on any atom is -0.353 e. The molecule has 3 heterocycles. The van der Waals surface area contributed by atoms with Gasteiger partial charge in [-0.1, -0.05) is 17.7 Å². The first-order valence-electron chi connectivity index (χ1n) is 9.12. The van der Waals surface area contributed by atoms with Crippen LogP contribution in [0.3, 0.4) is 0 Å². The van der Waals surface area contributed by atoms with Crippen molar-refractivity contribution in [1.82, 2.24) is 14.9 Å². The smallest absolute Gasteiger partial charge is 0.257 e. The molecule has 1 fully saturated rings. The topological polar surface area (TPSA) is 58.1 Å². The zero-order valence-electron chi connectivity index (χ0n) is 15.4. The van der Waals surface area contributed by atoms with Crippen LogP contribution in [-0.4, -0.2) is 33.9 Å². The maximum absolute atomic E-state index is 13.1. The van der Waals surface area contributed by atoms with E-state index in [0.717, 1.165) is 48.3 Å². The summed E-state index contributed by atoms with van der Waals surface area (Å²) < 4.78 is 0. The molecule has 1 aliphatic heterocycles. The van der Waals surface area contributed by atoms with Crippen LogP contribution in [0.1, 0.15) is 34.5 Å². The van der Waals surface area contributed by atoms with Crippen molar-refractivity contribution in [3.63, 3.8) is 0 Å². The number of aromatic nitrogens is 2. The lowest BCUT2D eigenvalue weighted by Crippen LogP contribution is -2.28. The molecule has 6 heteroatoms. The summed E-state index contributed by atoms with van der Waals surface area (Å²) in [5, 5.41) is 4.79. The Morgan fingerprint density at radius 3 is 2.67 bits per heavy atom. The minimum absolute atomic E-state index is 0.00629. The van der Waals surface area contributed by atoms with Crippen LogP contribution in [0.4, 0.5) is 11.4 Å². The van der Waals surface area contributed by atoms with Crippen LogP contribution in [0, 0.1) is 13.8 Å². The molecule has 0 radical (unpaired) electrons. The van der Waals surface area contributed by atoms with Gasteiger partial charge in [0.15, 0.2) is 5.65 Å². The van der Waals surface area contributed by atoms with Crippen LogP contribution < -0.4 is 5.32 Å². The first-order chi connectivity index (χ1) is 13.0. The van der Waals surface area contributed by atoms with Crippen molar-refractivity contribution in [2.45, 2.75) is 26.7 Å². The molecule has 1 saturated heterocycles. The SMILES string of the molecule is Cc1ccc(Nc2c(C(=O)N3CCCC3)cnc3nc(C)ccc23)c(Cl)c1. The van der Waals surface area contributed by atoms with Gasteiger partial charge in [0.1, 0.15) is 0 Å². The molecule has 0 atom stereocenters. The molecule has 4 rings (SSSR count). The van der Waals surface area contributed by atoms with E-state index in [-0.39, 0.29) is 5.91 Å². The van der Waals surface area contributed by atoms with Gasteiger partial charge in [0, 0.05) is 30.4 Å². The molecule has 27 heavy (non-hydrogen) atoms. The van der Waals surface area contributed by atoms with E-state index < -0.39 is 0 Å². The monoisotopic (exact) mass is 380 g/mol. The number of carbonyl (C=O) groups is 1. The number of nitrogens with one attached hydrogen (secondary N) is 1. The quantitative estimate of drug-likeness (QED) is 0.703. The number of hydrogen-bond acceptors (Lipinski definition) is 4. The van der Waals surface area contributed by atoms with E-state index in [1.807, 2.05) is 49.1 Å². The summed E-state index contributed by atoms with van der Waals surface area (Å²) in [5.74, 6) is -0.00629. The zero-order chi connectivity index (χ0) is 19.0. The van der Waals surface area contributed by atoms with Crippen LogP contribution in [0.5, 0.6) is 0 Å². The molecular formula is C21H21ClN4O. The lowest BCUT2D eigenvalue weighted by molar-refractivity contribution is 0.0793. The van der Waals surface area contributed by atoms with E-state index in [9.17, 15) is 4.79 Å². The molecule has 1 amide bonds. The number of amides is 1. The highest BCUT2D eigenvalue weighted by atomic mass is 35.5. The Morgan fingerprint density at radius 1 is 1.15 bits per heavy atom. The fourth-order valence-corrected chi connectivity index (χ4v) is 3.70. The molecule has 1 aliphatic rings. The van der Waals surface area contributed by atoms with Gasteiger partial charge in [-0.15, -0.1) is 0 Å². The summed E-state index contributed by atoms with van der Waals surface area (Å²) in [6.45, 7) is 5.49. The Morgan fingerprint density at radius 2 is 1.93 bits per heavy atom. The molecule has 0 saturated carbocycles. The fourth-order valence-electron chi connectivity index (χ4n) is 3.42. The number of aryl methyl sites for hydroxylation is 2. The highest BCUT2D eigenvalue weighted by molar-refractivity contribution is 6.33. The van der Waals surface area contributed by atoms with Crippen LogP contribution in [0.15, 0.2) is 36.5 Å². The van der Waals surface area contributed by atoms with Crippen LogP contribution in [-0.2, 0) is 0 Å². The van der Waals surface area contributed by atoms with Crippen LogP contribution in [0.2, 0.25) is 5.02 Å². The number of rotatable bonds is 3. The van der Waals surface area contributed by atoms with Crippen molar-refractivity contribution >= 4 is 39.9 Å². The lowest BCUT2D eigenvalue weighted by Gasteiger charge is -2.20. The van der Waals surface area contributed by atoms with Crippen molar-refractivity contribution in [3.05, 3.63) is 58.4 Å². The van der Waals surface area contributed by atoms with Crippen LogP contribution >= 0.6 is 11.6 Å². The lowest BCUT2D eigenvalue weighted by atomic mass is 10.1. The number of pyridine rings is 2. The summed E-state index contributed by atoms with van der Waals surface area (Å²) in [5.41, 5.74) is 4.58. The predicted molar refractivity (Wildman–Crippen MR) is 109 cm³/mol. The summed E-state index contributed by atoms with van der Waals surface area (Å²) in [7, 11) is 0. The Labute approximate surface area is 163 Å². The number of benzene rings is 1. The number of hydrogen-bond donors (Lipinski definition) is 1. The van der Waals surface area contributed by atoms with E-state index >= 15 is 0 Å². The third-order valence-electron chi connectivity index (χ3n) is 4.88. The van der Waals surface area contributed by atoms with E-state index in [4.69, 9.17) is 11.6 Å². The number of likely N-dealkylation sites (tertiary alicyclic amines) is 1. The van der Waals surface area contributed by atoms with E-state index in [1.165, 1.54) is 0 Å². The Bertz CT molecular complexity index is 1030. The molecule has 0 unspecified atom stereocenters. The third-order valence-corrected chi connectivity index (χ3v) is 5.19. The number of halogens is 1. The third kappa shape index (κ3) is 3.47. The summed E-state index contributed by atoms with van der Waals surface area (Å²) in [6.07, 6.45) is 3.71. The predicted octanol–water partition coefficient (Wildman–Crippen LogP) is 4.88. The Balaban J connectivity index is 1.85. The average molecular weight is 381 g/mol. The number of fused-ring (bicyclic) bond motifs is 1. The van der Waals surface area contributed by atoms with Gasteiger partial charge in [-0.2, -0.15) is 0 Å². The zero-order valence-corrected chi connectivity index (χ0v) is 16.2. The first kappa shape index (κ1) is 17.7. The van der Waals surface area contributed by atoms with Gasteiger partial charge < -0.3 is 10.2 Å². The van der Waals surface area contributed by atoms with Crippen LogP contribution in [0.25, 0.3) is 11.0 Å². The first-order valence-corrected chi connectivity index (χ1v) is 9.49. The molecule has 0 spiro atoms. The summed E-state index contributed by atoms with van der Waals surface area (Å²) >= 11 is 6.43. The van der Waals surface area contributed by atoms with E-state index in [1.54, 1.807) is 6.20 Å². The Hall–Kier alpha value is -2.66. The van der Waals surface area contributed by atoms with Gasteiger partial charge in [0.25, 0.3) is 5.91 Å². The highest BCUT2D eigenvalue weighted by Crippen LogP contribution is 2.33. The fraction of sp³-hybridized carbons (Fsp3) is 0.286. The second kappa shape index (κ2) is 7.16. The summed E-state index contributed by atoms with van der Waals surface area (Å²) in [6, 6.07) is 9.70. The molecule has 3 aromatic rings. The van der Waals surface area contributed by atoms with Gasteiger partial charge in [-0.3, -0.25) is 4.79 Å². The molecule has 0 aliphatic carbocycles. The number of carbonyl (C=O) groups excluding carboxylic acids is 1. The van der Waals surface area contributed by atoms with Crippen molar-refractivity contribution in [3.8, 4) is 0 Å². The summed E-state index contributed by atoms with van der Waals surface area (Å²) in [4.78, 5) is 23.9. The largest absolute Gasteiger partial charge is 0.353 e. The average Bonchev–Trinajstić information content (AvgIpc) is 3.18. The van der Waals surface area contributed by atoms with Gasteiger partial charge in [-0.25, -0.2) is 9.97 Å². The Kier molecular flexibility index (Phi) is 4.70.